The second-order valence-electron chi connectivity index (χ2n) is 3.19. The second kappa shape index (κ2) is 5.05. The van der Waals surface area contributed by atoms with E-state index in [2.05, 4.69) is 27.9 Å². The molecule has 1 aliphatic rings. The van der Waals surface area contributed by atoms with Gasteiger partial charge >= 0.3 is 0 Å². The van der Waals surface area contributed by atoms with E-state index in [0.29, 0.717) is 0 Å². The average Bonchev–Trinajstić information content (AvgIpc) is 2.58. The number of halogens is 1. The maximum absolute atomic E-state index is 11.3. The summed E-state index contributed by atoms with van der Waals surface area (Å²) in [4.78, 5) is 23.9. The van der Waals surface area contributed by atoms with Crippen LogP contribution in [0.3, 0.4) is 0 Å². The predicted molar refractivity (Wildman–Crippen MR) is 72.3 cm³/mol. The minimum Gasteiger partial charge on any atom is -0.366 e. The van der Waals surface area contributed by atoms with Crippen LogP contribution in [0.25, 0.3) is 0 Å². The molecule has 0 spiro atoms. The summed E-state index contributed by atoms with van der Waals surface area (Å²) in [5, 5.41) is 2.90. The fourth-order valence-electron chi connectivity index (χ4n) is 1.30. The van der Waals surface area contributed by atoms with E-state index in [1.54, 1.807) is 0 Å². The number of hydrogen-bond acceptors (Lipinski definition) is 4. The third-order valence-electron chi connectivity index (χ3n) is 2.14. The zero-order valence-corrected chi connectivity index (χ0v) is 11.2. The Morgan fingerprint density at radius 1 is 1.38 bits per heavy atom. The molecule has 1 fully saturated rings. The van der Waals surface area contributed by atoms with Gasteiger partial charge in [0.05, 0.1) is 12.4 Å². The van der Waals surface area contributed by atoms with Crippen molar-refractivity contribution in [1.29, 1.82) is 0 Å². The molecule has 1 N–H and O–H groups in total. The molecular weight excluding hydrogens is 339 g/mol. The molecule has 0 aromatic heterocycles. The first kappa shape index (κ1) is 11.7. The van der Waals surface area contributed by atoms with Crippen molar-refractivity contribution in [2.45, 2.75) is 0 Å². The molecular formula is C10H9IN2O2S. The lowest BCUT2D eigenvalue weighted by atomic mass is 10.3. The summed E-state index contributed by atoms with van der Waals surface area (Å²) >= 11 is 3.25. The van der Waals surface area contributed by atoms with Crippen molar-refractivity contribution in [2.24, 2.45) is 0 Å². The Hall–Kier alpha value is -0.760. The SMILES string of the molecule is O=C1CSC(=O)N1CNc1ccccc1I. The molecule has 1 saturated heterocycles. The fourth-order valence-corrected chi connectivity index (χ4v) is 2.61. The van der Waals surface area contributed by atoms with Crippen molar-refractivity contribution in [3.8, 4) is 0 Å². The zero-order chi connectivity index (χ0) is 11.5. The number of benzene rings is 1. The summed E-state index contributed by atoms with van der Waals surface area (Å²) in [5.41, 5.74) is 0.931. The highest BCUT2D eigenvalue weighted by molar-refractivity contribution is 14.1. The van der Waals surface area contributed by atoms with Crippen LogP contribution >= 0.6 is 34.4 Å². The van der Waals surface area contributed by atoms with Gasteiger partial charge < -0.3 is 5.32 Å². The van der Waals surface area contributed by atoms with Crippen molar-refractivity contribution < 1.29 is 9.59 Å². The molecule has 0 radical (unpaired) electrons. The van der Waals surface area contributed by atoms with Crippen molar-refractivity contribution in [1.82, 2.24) is 4.90 Å². The van der Waals surface area contributed by atoms with Gasteiger partial charge in [-0.2, -0.15) is 0 Å². The normalized spacial score (nSPS) is 15.7. The lowest BCUT2D eigenvalue weighted by molar-refractivity contribution is -0.124. The second-order valence-corrected chi connectivity index (χ2v) is 5.28. The number of carbonyl (C=O) groups excluding carboxylic acids is 2. The third-order valence-corrected chi connectivity index (χ3v) is 3.94. The van der Waals surface area contributed by atoms with Gasteiger partial charge in [0.15, 0.2) is 0 Å². The summed E-state index contributed by atoms with van der Waals surface area (Å²) in [7, 11) is 0. The van der Waals surface area contributed by atoms with E-state index in [1.165, 1.54) is 4.90 Å². The van der Waals surface area contributed by atoms with Gasteiger partial charge in [-0.05, 0) is 34.7 Å². The number of para-hydroxylation sites is 1. The maximum Gasteiger partial charge on any atom is 0.290 e. The van der Waals surface area contributed by atoms with E-state index < -0.39 is 0 Å². The van der Waals surface area contributed by atoms with E-state index in [-0.39, 0.29) is 23.6 Å². The van der Waals surface area contributed by atoms with Crippen molar-refractivity contribution >= 4 is 51.2 Å². The van der Waals surface area contributed by atoms with Gasteiger partial charge in [-0.15, -0.1) is 0 Å². The van der Waals surface area contributed by atoms with E-state index in [1.807, 2.05) is 24.3 Å². The molecule has 0 saturated carbocycles. The van der Waals surface area contributed by atoms with Crippen LogP contribution in [0.1, 0.15) is 0 Å². The van der Waals surface area contributed by atoms with Gasteiger partial charge in [-0.1, -0.05) is 23.9 Å². The van der Waals surface area contributed by atoms with E-state index in [9.17, 15) is 9.59 Å². The van der Waals surface area contributed by atoms with Gasteiger partial charge in [0, 0.05) is 9.26 Å². The summed E-state index contributed by atoms with van der Waals surface area (Å²) in [6, 6.07) is 7.73. The summed E-state index contributed by atoms with van der Waals surface area (Å²) in [6.45, 7) is 0.241. The third kappa shape index (κ3) is 2.49. The fraction of sp³-hybridized carbons (Fsp3) is 0.200. The quantitative estimate of drug-likeness (QED) is 0.852. The Morgan fingerprint density at radius 3 is 2.75 bits per heavy atom. The molecule has 0 unspecified atom stereocenters. The summed E-state index contributed by atoms with van der Waals surface area (Å²) in [5.74, 6) is 0.125. The topological polar surface area (TPSA) is 49.4 Å². The molecule has 1 aromatic carbocycles. The molecule has 6 heteroatoms. The Kier molecular flexibility index (Phi) is 3.70. The van der Waals surface area contributed by atoms with E-state index >= 15 is 0 Å². The van der Waals surface area contributed by atoms with Crippen LogP contribution in [-0.4, -0.2) is 28.5 Å². The van der Waals surface area contributed by atoms with Gasteiger partial charge in [0.2, 0.25) is 5.91 Å². The number of imide groups is 1. The highest BCUT2D eigenvalue weighted by Gasteiger charge is 2.29. The van der Waals surface area contributed by atoms with E-state index in [4.69, 9.17) is 0 Å². The largest absolute Gasteiger partial charge is 0.366 e. The lowest BCUT2D eigenvalue weighted by Gasteiger charge is -2.15. The number of anilines is 1. The molecule has 0 bridgehead atoms. The van der Waals surface area contributed by atoms with Crippen LogP contribution < -0.4 is 5.32 Å². The van der Waals surface area contributed by atoms with E-state index in [0.717, 1.165) is 21.0 Å². The van der Waals surface area contributed by atoms with Gasteiger partial charge in [0.1, 0.15) is 0 Å². The minimum atomic E-state index is -0.177. The minimum absolute atomic E-state index is 0.131. The number of rotatable bonds is 3. The molecule has 84 valence electrons. The number of hydrogen-bond donors (Lipinski definition) is 1. The Balaban J connectivity index is 2.00. The van der Waals surface area contributed by atoms with Crippen LogP contribution in [0.5, 0.6) is 0 Å². The van der Waals surface area contributed by atoms with Crippen LogP contribution in [0.4, 0.5) is 10.5 Å². The molecule has 1 heterocycles. The highest BCUT2D eigenvalue weighted by atomic mass is 127. The van der Waals surface area contributed by atoms with Gasteiger partial charge in [-0.3, -0.25) is 14.5 Å². The van der Waals surface area contributed by atoms with Crippen LogP contribution in [-0.2, 0) is 4.79 Å². The molecule has 0 atom stereocenters. The molecule has 0 aliphatic carbocycles. The van der Waals surface area contributed by atoms with Gasteiger partial charge in [0.25, 0.3) is 5.24 Å². The summed E-state index contributed by atoms with van der Waals surface area (Å²) in [6.07, 6.45) is 0. The molecule has 2 amide bonds. The van der Waals surface area contributed by atoms with Crippen molar-refractivity contribution in [3.63, 3.8) is 0 Å². The zero-order valence-electron chi connectivity index (χ0n) is 8.27. The highest BCUT2D eigenvalue weighted by Crippen LogP contribution is 2.20. The summed E-state index contributed by atoms with van der Waals surface area (Å²) < 4.78 is 1.06. The monoisotopic (exact) mass is 348 g/mol. The Morgan fingerprint density at radius 2 is 2.12 bits per heavy atom. The van der Waals surface area contributed by atoms with Crippen molar-refractivity contribution in [2.75, 3.05) is 17.7 Å². The van der Waals surface area contributed by atoms with Crippen LogP contribution in [0.2, 0.25) is 0 Å². The Labute approximate surface area is 111 Å². The number of nitrogens with one attached hydrogen (secondary N) is 1. The average molecular weight is 348 g/mol. The molecule has 16 heavy (non-hydrogen) atoms. The smallest absolute Gasteiger partial charge is 0.290 e. The van der Waals surface area contributed by atoms with Crippen LogP contribution in [0, 0.1) is 3.57 Å². The molecule has 2 rings (SSSR count). The number of carbonyl (C=O) groups is 2. The maximum atomic E-state index is 11.3. The number of nitrogens with zero attached hydrogens (tertiary/aromatic N) is 1. The number of thioether (sulfide) groups is 1. The molecule has 4 nitrogen and oxygen atoms in total. The molecule has 1 aliphatic heterocycles. The first-order chi connectivity index (χ1) is 7.68. The Bertz CT molecular complexity index is 423. The first-order valence-electron chi connectivity index (χ1n) is 4.64. The molecule has 1 aromatic rings. The standard InChI is InChI=1S/C10H9IN2O2S/c11-7-3-1-2-4-8(7)12-6-13-9(14)5-16-10(13)15/h1-4,12H,5-6H2. The predicted octanol–water partition coefficient (Wildman–Crippen LogP) is 2.36. The number of amides is 2. The first-order valence-corrected chi connectivity index (χ1v) is 6.70. The lowest BCUT2D eigenvalue weighted by Crippen LogP contribution is -2.33. The van der Waals surface area contributed by atoms with Crippen LogP contribution in [0.15, 0.2) is 24.3 Å². The van der Waals surface area contributed by atoms with Gasteiger partial charge in [-0.25, -0.2) is 0 Å². The van der Waals surface area contributed by atoms with Crippen molar-refractivity contribution in [3.05, 3.63) is 27.8 Å².